The van der Waals surface area contributed by atoms with E-state index in [9.17, 15) is 9.90 Å². The van der Waals surface area contributed by atoms with Crippen LogP contribution in [0.5, 0.6) is 5.75 Å². The van der Waals surface area contributed by atoms with Crippen molar-refractivity contribution in [3.63, 3.8) is 0 Å². The summed E-state index contributed by atoms with van der Waals surface area (Å²) in [5.41, 5.74) is 0.802. The smallest absolute Gasteiger partial charge is 0.308 e. The van der Waals surface area contributed by atoms with E-state index >= 15 is 0 Å². The molecule has 0 saturated carbocycles. The van der Waals surface area contributed by atoms with E-state index in [1.54, 1.807) is 31.2 Å². The standard InChI is InChI=1S/C10H12O3/c1-7(11)9-3-5-10(6-4-9)13-8(2)12/h3-7,11H,1-2H3/t7-/m0/s1. The number of rotatable bonds is 2. The molecule has 0 aliphatic heterocycles. The number of ether oxygens (including phenoxy) is 1. The maximum atomic E-state index is 10.6. The minimum atomic E-state index is -0.494. The van der Waals surface area contributed by atoms with E-state index in [2.05, 4.69) is 0 Å². The van der Waals surface area contributed by atoms with Gasteiger partial charge in [0.25, 0.3) is 0 Å². The lowest BCUT2D eigenvalue weighted by molar-refractivity contribution is -0.131. The van der Waals surface area contributed by atoms with E-state index in [4.69, 9.17) is 4.74 Å². The van der Waals surface area contributed by atoms with Gasteiger partial charge >= 0.3 is 5.97 Å². The van der Waals surface area contributed by atoms with Crippen LogP contribution in [0.3, 0.4) is 0 Å². The van der Waals surface area contributed by atoms with Crippen molar-refractivity contribution in [2.45, 2.75) is 20.0 Å². The first-order chi connectivity index (χ1) is 6.09. The Morgan fingerprint density at radius 3 is 2.31 bits per heavy atom. The van der Waals surface area contributed by atoms with Crippen molar-refractivity contribution in [3.05, 3.63) is 29.8 Å². The zero-order chi connectivity index (χ0) is 9.84. The van der Waals surface area contributed by atoms with Gasteiger partial charge in [0.1, 0.15) is 5.75 Å². The molecule has 3 heteroatoms. The Kier molecular flexibility index (Phi) is 3.03. The predicted molar refractivity (Wildman–Crippen MR) is 48.4 cm³/mol. The molecule has 70 valence electrons. The number of esters is 1. The molecule has 1 aromatic rings. The van der Waals surface area contributed by atoms with E-state index in [-0.39, 0.29) is 5.97 Å². The quantitative estimate of drug-likeness (QED) is 0.556. The summed E-state index contributed by atoms with van der Waals surface area (Å²) in [6, 6.07) is 6.76. The number of benzene rings is 1. The Hall–Kier alpha value is -1.35. The Labute approximate surface area is 77.0 Å². The van der Waals surface area contributed by atoms with Crippen molar-refractivity contribution in [1.82, 2.24) is 0 Å². The van der Waals surface area contributed by atoms with Gasteiger partial charge in [0.2, 0.25) is 0 Å². The average Bonchev–Trinajstić information content (AvgIpc) is 2.04. The number of carbonyl (C=O) groups excluding carboxylic acids is 1. The van der Waals surface area contributed by atoms with Gasteiger partial charge in [0, 0.05) is 6.92 Å². The normalized spacial score (nSPS) is 12.2. The van der Waals surface area contributed by atoms with E-state index in [1.807, 2.05) is 0 Å². The van der Waals surface area contributed by atoms with Gasteiger partial charge in [0.15, 0.2) is 0 Å². The van der Waals surface area contributed by atoms with Gasteiger partial charge < -0.3 is 9.84 Å². The molecule has 0 aliphatic carbocycles. The number of aliphatic hydroxyl groups is 1. The van der Waals surface area contributed by atoms with Crippen LogP contribution in [-0.2, 0) is 4.79 Å². The lowest BCUT2D eigenvalue weighted by Crippen LogP contribution is -2.01. The SMILES string of the molecule is CC(=O)Oc1ccc([C@H](C)O)cc1. The first-order valence-electron chi connectivity index (χ1n) is 4.06. The first-order valence-corrected chi connectivity index (χ1v) is 4.06. The third kappa shape index (κ3) is 2.87. The minimum Gasteiger partial charge on any atom is -0.427 e. The van der Waals surface area contributed by atoms with E-state index < -0.39 is 6.10 Å². The van der Waals surface area contributed by atoms with Crippen LogP contribution in [0.4, 0.5) is 0 Å². The van der Waals surface area contributed by atoms with Gasteiger partial charge in [-0.3, -0.25) is 4.79 Å². The summed E-state index contributed by atoms with van der Waals surface area (Å²) >= 11 is 0. The highest BCUT2D eigenvalue weighted by Crippen LogP contribution is 2.17. The molecule has 1 atom stereocenters. The molecule has 0 heterocycles. The fourth-order valence-electron chi connectivity index (χ4n) is 0.980. The van der Waals surface area contributed by atoms with Crippen LogP contribution in [0.2, 0.25) is 0 Å². The van der Waals surface area contributed by atoms with Gasteiger partial charge in [-0.15, -0.1) is 0 Å². The molecule has 3 nitrogen and oxygen atoms in total. The molecule has 1 aromatic carbocycles. The van der Waals surface area contributed by atoms with Crippen LogP contribution >= 0.6 is 0 Å². The van der Waals surface area contributed by atoms with Gasteiger partial charge in [0.05, 0.1) is 6.10 Å². The Morgan fingerprint density at radius 1 is 1.38 bits per heavy atom. The lowest BCUT2D eigenvalue weighted by atomic mass is 10.1. The molecule has 0 radical (unpaired) electrons. The van der Waals surface area contributed by atoms with E-state index in [1.165, 1.54) is 6.92 Å². The average molecular weight is 180 g/mol. The van der Waals surface area contributed by atoms with Crippen molar-refractivity contribution < 1.29 is 14.6 Å². The molecule has 0 bridgehead atoms. The fraction of sp³-hybridized carbons (Fsp3) is 0.300. The zero-order valence-electron chi connectivity index (χ0n) is 7.65. The fourth-order valence-corrected chi connectivity index (χ4v) is 0.980. The first kappa shape index (κ1) is 9.74. The highest BCUT2D eigenvalue weighted by molar-refractivity contribution is 5.69. The second kappa shape index (κ2) is 4.05. The second-order valence-electron chi connectivity index (χ2n) is 2.84. The molecular weight excluding hydrogens is 168 g/mol. The van der Waals surface area contributed by atoms with Crippen molar-refractivity contribution >= 4 is 5.97 Å². The van der Waals surface area contributed by atoms with Gasteiger partial charge in [-0.1, -0.05) is 12.1 Å². The molecule has 0 fully saturated rings. The summed E-state index contributed by atoms with van der Waals surface area (Å²) in [6.07, 6.45) is -0.494. The maximum absolute atomic E-state index is 10.6. The van der Waals surface area contributed by atoms with Crippen molar-refractivity contribution in [1.29, 1.82) is 0 Å². The molecule has 13 heavy (non-hydrogen) atoms. The van der Waals surface area contributed by atoms with Crippen LogP contribution in [0.25, 0.3) is 0 Å². The summed E-state index contributed by atoms with van der Waals surface area (Å²) < 4.78 is 4.83. The van der Waals surface area contributed by atoms with Crippen molar-refractivity contribution in [3.8, 4) is 5.75 Å². The summed E-state index contributed by atoms with van der Waals surface area (Å²) in [4.78, 5) is 10.6. The zero-order valence-corrected chi connectivity index (χ0v) is 7.65. The van der Waals surface area contributed by atoms with Crippen LogP contribution in [0.15, 0.2) is 24.3 Å². The maximum Gasteiger partial charge on any atom is 0.308 e. The molecule has 0 spiro atoms. The highest BCUT2D eigenvalue weighted by atomic mass is 16.5. The molecule has 0 aliphatic rings. The van der Waals surface area contributed by atoms with Crippen molar-refractivity contribution in [2.24, 2.45) is 0 Å². The summed E-state index contributed by atoms with van der Waals surface area (Å²) in [7, 11) is 0. The predicted octanol–water partition coefficient (Wildman–Crippen LogP) is 1.67. The Balaban J connectivity index is 2.75. The monoisotopic (exact) mass is 180 g/mol. The van der Waals surface area contributed by atoms with Gasteiger partial charge in [-0.25, -0.2) is 0 Å². The molecule has 0 amide bonds. The largest absolute Gasteiger partial charge is 0.427 e. The summed E-state index contributed by atoms with van der Waals surface area (Å²) in [5, 5.41) is 9.19. The van der Waals surface area contributed by atoms with Gasteiger partial charge in [-0.05, 0) is 24.6 Å². The van der Waals surface area contributed by atoms with Crippen LogP contribution in [0.1, 0.15) is 25.5 Å². The van der Waals surface area contributed by atoms with Crippen LogP contribution < -0.4 is 4.74 Å². The highest BCUT2D eigenvalue weighted by Gasteiger charge is 2.01. The number of hydrogen-bond donors (Lipinski definition) is 1. The topological polar surface area (TPSA) is 46.5 Å². The number of aliphatic hydroxyl groups excluding tert-OH is 1. The Morgan fingerprint density at radius 2 is 1.92 bits per heavy atom. The molecule has 0 saturated heterocycles. The number of carbonyl (C=O) groups is 1. The number of hydrogen-bond acceptors (Lipinski definition) is 3. The van der Waals surface area contributed by atoms with E-state index in [0.29, 0.717) is 5.75 Å². The third-order valence-corrected chi connectivity index (χ3v) is 1.62. The molecular formula is C10H12O3. The molecule has 1 N–H and O–H groups in total. The van der Waals surface area contributed by atoms with Crippen LogP contribution in [-0.4, -0.2) is 11.1 Å². The molecule has 0 unspecified atom stereocenters. The second-order valence-corrected chi connectivity index (χ2v) is 2.84. The Bertz CT molecular complexity index is 288. The van der Waals surface area contributed by atoms with Crippen LogP contribution in [0, 0.1) is 0 Å². The molecule has 0 aromatic heterocycles. The summed E-state index contributed by atoms with van der Waals surface area (Å²) in [5.74, 6) is 0.154. The summed E-state index contributed by atoms with van der Waals surface area (Å²) in [6.45, 7) is 3.03. The lowest BCUT2D eigenvalue weighted by Gasteiger charge is -2.05. The minimum absolute atomic E-state index is 0.343. The van der Waals surface area contributed by atoms with Gasteiger partial charge in [-0.2, -0.15) is 0 Å². The molecule has 1 rings (SSSR count). The van der Waals surface area contributed by atoms with Crippen molar-refractivity contribution in [2.75, 3.05) is 0 Å². The third-order valence-electron chi connectivity index (χ3n) is 1.62. The van der Waals surface area contributed by atoms with E-state index in [0.717, 1.165) is 5.56 Å².